The Morgan fingerprint density at radius 3 is 2.27 bits per heavy atom. The molecule has 0 bridgehead atoms. The maximum atomic E-state index is 6.16. The van der Waals surface area contributed by atoms with Crippen LogP contribution in [0.2, 0.25) is 5.67 Å². The summed E-state index contributed by atoms with van der Waals surface area (Å²) in [6, 6.07) is 9.87. The van der Waals surface area contributed by atoms with Gasteiger partial charge in [-0.25, -0.2) is 0 Å². The molecule has 1 aromatic carbocycles. The van der Waals surface area contributed by atoms with E-state index in [1.807, 2.05) is 42.1 Å². The zero-order valence-electron chi connectivity index (χ0n) is 7.84. The third-order valence-corrected chi connectivity index (χ3v) is 12.1. The molecule has 0 fully saturated rings. The maximum Gasteiger partial charge on any atom is 0.273 e. The van der Waals surface area contributed by atoms with Crippen molar-refractivity contribution in [1.82, 2.24) is 0 Å². The molecule has 0 aliphatic heterocycles. The topological polar surface area (TPSA) is 0 Å². The molecule has 0 heterocycles. The summed E-state index contributed by atoms with van der Waals surface area (Å²) in [7, 11) is -1.73. The highest BCUT2D eigenvalue weighted by Gasteiger charge is 2.28. The summed E-state index contributed by atoms with van der Waals surface area (Å²) in [4.78, 5) is 0. The van der Waals surface area contributed by atoms with Gasteiger partial charge in [-0.05, 0) is 11.2 Å². The minimum atomic E-state index is -2.39. The maximum absolute atomic E-state index is 6.16. The van der Waals surface area contributed by atoms with Gasteiger partial charge in [-0.2, -0.15) is 22.2 Å². The molecule has 0 amide bonds. The summed E-state index contributed by atoms with van der Waals surface area (Å²) in [5.74, 6) is 0. The van der Waals surface area contributed by atoms with Gasteiger partial charge in [0.2, 0.25) is 7.42 Å². The Labute approximate surface area is 111 Å². The molecule has 0 unspecified atom stereocenters. The third kappa shape index (κ3) is 6.00. The van der Waals surface area contributed by atoms with Gasteiger partial charge in [0.25, 0.3) is 6.69 Å². The van der Waals surface area contributed by atoms with Crippen molar-refractivity contribution in [2.75, 3.05) is 0 Å². The summed E-state index contributed by atoms with van der Waals surface area (Å²) >= 11 is 23.9. The van der Waals surface area contributed by atoms with Crippen LogP contribution >= 0.6 is 44.3 Å². The molecule has 1 rings (SSSR count). The molecule has 0 aliphatic rings. The van der Waals surface area contributed by atoms with E-state index in [4.69, 9.17) is 44.3 Å². The Bertz CT molecular complexity index is 324. The van der Waals surface area contributed by atoms with Crippen LogP contribution in [0.1, 0.15) is 5.56 Å². The van der Waals surface area contributed by atoms with Crippen LogP contribution in [-0.4, -0.2) is 14.1 Å². The Balaban J connectivity index is 2.64. The summed E-state index contributed by atoms with van der Waals surface area (Å²) in [6.07, 6.45) is 1.93. The Kier molecular flexibility index (Phi) is 5.75. The van der Waals surface area contributed by atoms with E-state index in [9.17, 15) is 0 Å². The molecule has 0 N–H and O–H groups in total. The van der Waals surface area contributed by atoms with Crippen LogP contribution in [0.5, 0.6) is 0 Å². The number of rotatable bonds is 4. The van der Waals surface area contributed by atoms with Gasteiger partial charge in [-0.15, -0.1) is 22.2 Å². The van der Waals surface area contributed by atoms with Gasteiger partial charge in [0.15, 0.2) is 0 Å². The van der Waals surface area contributed by atoms with Crippen LogP contribution in [0, 0.1) is 0 Å². The molecule has 6 heteroatoms. The summed E-state index contributed by atoms with van der Waals surface area (Å²) in [5, 5.41) is 0. The number of benzene rings is 1. The average molecular weight is 316 g/mol. The van der Waals surface area contributed by atoms with E-state index in [-0.39, 0.29) is 0 Å². The highest BCUT2D eigenvalue weighted by atomic mass is 35.7. The first kappa shape index (κ1) is 13.6. The normalized spacial score (nSPS) is 12.6. The summed E-state index contributed by atoms with van der Waals surface area (Å²) in [6.45, 7) is -2.39. The Morgan fingerprint density at radius 2 is 1.73 bits per heavy atom. The largest absolute Gasteiger partial charge is 0.273 e. The van der Waals surface area contributed by atoms with Crippen molar-refractivity contribution in [2.24, 2.45) is 0 Å². The standard InChI is InChI=1S/C9H10Cl4Si2/c10-14(11)8-15(12,13)7-6-9-4-2-1-3-5-9/h1-7,14H,8H2/b7-6+. The van der Waals surface area contributed by atoms with Crippen molar-refractivity contribution < 1.29 is 0 Å². The first-order valence-electron chi connectivity index (χ1n) is 4.40. The summed E-state index contributed by atoms with van der Waals surface area (Å²) in [5.41, 5.74) is 3.51. The van der Waals surface area contributed by atoms with Crippen molar-refractivity contribution in [3.63, 3.8) is 0 Å². The second-order valence-corrected chi connectivity index (χ2v) is 15.8. The Morgan fingerprint density at radius 1 is 1.13 bits per heavy atom. The lowest BCUT2D eigenvalue weighted by atomic mass is 10.2. The van der Waals surface area contributed by atoms with Crippen LogP contribution in [0.15, 0.2) is 36.0 Å². The smallest absolute Gasteiger partial charge is 0.151 e. The van der Waals surface area contributed by atoms with E-state index in [1.165, 1.54) is 0 Å². The van der Waals surface area contributed by atoms with Crippen molar-refractivity contribution in [1.29, 1.82) is 0 Å². The minimum absolute atomic E-state index is 0.572. The highest BCUT2D eigenvalue weighted by Crippen LogP contribution is 2.26. The lowest BCUT2D eigenvalue weighted by molar-refractivity contribution is 1.66. The second-order valence-electron chi connectivity index (χ2n) is 3.10. The van der Waals surface area contributed by atoms with Crippen molar-refractivity contribution in [3.05, 3.63) is 41.6 Å². The molecule has 0 spiro atoms. The molecule has 0 nitrogen and oxygen atoms in total. The molecular weight excluding hydrogens is 306 g/mol. The fourth-order valence-corrected chi connectivity index (χ4v) is 14.1. The van der Waals surface area contributed by atoms with Crippen LogP contribution < -0.4 is 0 Å². The monoisotopic (exact) mass is 314 g/mol. The van der Waals surface area contributed by atoms with E-state index >= 15 is 0 Å². The van der Waals surface area contributed by atoms with Gasteiger partial charge >= 0.3 is 0 Å². The predicted octanol–water partition coefficient (Wildman–Crippen LogP) is 4.40. The van der Waals surface area contributed by atoms with E-state index in [0.29, 0.717) is 5.67 Å². The molecule has 15 heavy (non-hydrogen) atoms. The molecule has 0 aliphatic carbocycles. The SMILES string of the molecule is Cl[SiH](Cl)C[Si](Cl)(Cl)/C=C/c1ccccc1. The quantitative estimate of drug-likeness (QED) is 0.571. The lowest BCUT2D eigenvalue weighted by Gasteiger charge is -2.10. The highest BCUT2D eigenvalue weighted by molar-refractivity contribution is 7.53. The fraction of sp³-hybridized carbons (Fsp3) is 0.111. The van der Waals surface area contributed by atoms with Crippen LogP contribution in [-0.2, 0) is 0 Å². The zero-order valence-corrected chi connectivity index (χ0v) is 13.0. The fourth-order valence-electron chi connectivity index (χ4n) is 1.06. The molecule has 0 radical (unpaired) electrons. The van der Waals surface area contributed by atoms with Crippen LogP contribution in [0.4, 0.5) is 0 Å². The first-order valence-corrected chi connectivity index (χ1v) is 13.0. The first-order chi connectivity index (χ1) is 6.99. The van der Waals surface area contributed by atoms with Gasteiger partial charge in [0.1, 0.15) is 0 Å². The van der Waals surface area contributed by atoms with Crippen molar-refractivity contribution in [2.45, 2.75) is 5.67 Å². The molecule has 1 aromatic rings. The molecule has 0 atom stereocenters. The van der Waals surface area contributed by atoms with E-state index in [2.05, 4.69) is 0 Å². The number of hydrogen-bond acceptors (Lipinski definition) is 0. The molecule has 0 aromatic heterocycles. The van der Waals surface area contributed by atoms with Crippen molar-refractivity contribution in [3.8, 4) is 0 Å². The van der Waals surface area contributed by atoms with Crippen LogP contribution in [0.25, 0.3) is 6.08 Å². The van der Waals surface area contributed by atoms with Gasteiger partial charge in [0, 0.05) is 0 Å². The average Bonchev–Trinajstić information content (AvgIpc) is 2.15. The van der Waals surface area contributed by atoms with Gasteiger partial charge < -0.3 is 0 Å². The molecule has 0 saturated carbocycles. The Hall–Kier alpha value is 0.554. The lowest BCUT2D eigenvalue weighted by Crippen LogP contribution is -2.20. The number of hydrogen-bond donors (Lipinski definition) is 0. The molecular formula is C9H10Cl4Si2. The predicted molar refractivity (Wildman–Crippen MR) is 76.6 cm³/mol. The summed E-state index contributed by atoms with van der Waals surface area (Å²) < 4.78 is 0. The van der Waals surface area contributed by atoms with E-state index in [0.717, 1.165) is 5.56 Å². The van der Waals surface area contributed by atoms with Crippen LogP contribution in [0.3, 0.4) is 0 Å². The number of halogens is 4. The minimum Gasteiger partial charge on any atom is -0.151 e. The van der Waals surface area contributed by atoms with Gasteiger partial charge in [-0.1, -0.05) is 42.1 Å². The van der Waals surface area contributed by atoms with E-state index in [1.54, 1.807) is 0 Å². The van der Waals surface area contributed by atoms with E-state index < -0.39 is 14.1 Å². The molecule has 82 valence electrons. The van der Waals surface area contributed by atoms with Gasteiger partial charge in [-0.3, -0.25) is 0 Å². The zero-order chi connectivity index (χ0) is 11.3. The van der Waals surface area contributed by atoms with Crippen molar-refractivity contribution >= 4 is 64.5 Å². The molecule has 0 saturated heterocycles. The van der Waals surface area contributed by atoms with Gasteiger partial charge in [0.05, 0.1) is 0 Å². The second kappa shape index (κ2) is 6.33. The third-order valence-electron chi connectivity index (χ3n) is 1.75.